The fourth-order valence-electron chi connectivity index (χ4n) is 2.44. The summed E-state index contributed by atoms with van der Waals surface area (Å²) in [6.07, 6.45) is 0. The van der Waals surface area contributed by atoms with E-state index >= 15 is 0 Å². The number of nitrogens with two attached hydrogens (primary N) is 1. The lowest BCUT2D eigenvalue weighted by atomic mass is 10.0. The molecule has 0 aromatic carbocycles. The Morgan fingerprint density at radius 3 is 2.19 bits per heavy atom. The highest BCUT2D eigenvalue weighted by atomic mass is 32.1. The smallest absolute Gasteiger partial charge is 0.357 e. The molecule has 1 fully saturated rings. The SMILES string of the molecule is CC1(C)C(c2nc(C(=O)O)c(N)s2)C1(C)C. The maximum Gasteiger partial charge on any atom is 0.357 e. The van der Waals surface area contributed by atoms with Crippen molar-refractivity contribution in [1.29, 1.82) is 0 Å². The second-order valence-electron chi connectivity index (χ2n) is 5.45. The number of aromatic nitrogens is 1. The van der Waals surface area contributed by atoms with E-state index in [2.05, 4.69) is 32.7 Å². The van der Waals surface area contributed by atoms with Gasteiger partial charge < -0.3 is 10.8 Å². The lowest BCUT2D eigenvalue weighted by Crippen LogP contribution is -2.00. The fourth-order valence-corrected chi connectivity index (χ4v) is 3.74. The minimum Gasteiger partial charge on any atom is -0.476 e. The highest BCUT2D eigenvalue weighted by molar-refractivity contribution is 7.16. The zero-order valence-corrected chi connectivity index (χ0v) is 10.7. The molecular formula is C11H16N2O2S. The van der Waals surface area contributed by atoms with Crippen molar-refractivity contribution in [3.8, 4) is 0 Å². The topological polar surface area (TPSA) is 76.2 Å². The van der Waals surface area contributed by atoms with E-state index in [4.69, 9.17) is 10.8 Å². The Labute approximate surface area is 98.5 Å². The summed E-state index contributed by atoms with van der Waals surface area (Å²) in [6.45, 7) is 8.71. The second-order valence-corrected chi connectivity index (χ2v) is 6.51. The number of hydrogen-bond donors (Lipinski definition) is 2. The summed E-state index contributed by atoms with van der Waals surface area (Å²) in [5.74, 6) is -0.739. The van der Waals surface area contributed by atoms with Gasteiger partial charge in [-0.3, -0.25) is 0 Å². The van der Waals surface area contributed by atoms with Gasteiger partial charge >= 0.3 is 5.97 Å². The number of nitrogens with zero attached hydrogens (tertiary/aromatic N) is 1. The lowest BCUT2D eigenvalue weighted by molar-refractivity contribution is 0.0692. The van der Waals surface area contributed by atoms with Crippen molar-refractivity contribution in [2.45, 2.75) is 33.6 Å². The van der Waals surface area contributed by atoms with Crippen LogP contribution in [0.2, 0.25) is 0 Å². The van der Waals surface area contributed by atoms with E-state index in [0.29, 0.717) is 10.9 Å². The molecule has 1 aromatic heterocycles. The normalized spacial score (nSPS) is 22.0. The molecule has 3 N–H and O–H groups in total. The number of anilines is 1. The molecular weight excluding hydrogens is 224 g/mol. The van der Waals surface area contributed by atoms with E-state index in [1.54, 1.807) is 0 Å². The lowest BCUT2D eigenvalue weighted by Gasteiger charge is -2.03. The van der Waals surface area contributed by atoms with Crippen molar-refractivity contribution in [2.24, 2.45) is 10.8 Å². The summed E-state index contributed by atoms with van der Waals surface area (Å²) in [4.78, 5) is 15.0. The van der Waals surface area contributed by atoms with Crippen molar-refractivity contribution in [1.82, 2.24) is 4.98 Å². The van der Waals surface area contributed by atoms with Crippen LogP contribution in [0.3, 0.4) is 0 Å². The maximum absolute atomic E-state index is 10.9. The largest absolute Gasteiger partial charge is 0.476 e. The molecule has 4 nitrogen and oxygen atoms in total. The molecule has 0 radical (unpaired) electrons. The third-order valence-corrected chi connectivity index (χ3v) is 5.09. The predicted octanol–water partition coefficient (Wildman–Crippen LogP) is 2.57. The Kier molecular flexibility index (Phi) is 2.11. The van der Waals surface area contributed by atoms with Gasteiger partial charge in [0.25, 0.3) is 0 Å². The predicted molar refractivity (Wildman–Crippen MR) is 63.8 cm³/mol. The van der Waals surface area contributed by atoms with Gasteiger partial charge in [0, 0.05) is 5.92 Å². The zero-order chi connectivity index (χ0) is 12.3. The maximum atomic E-state index is 10.9. The van der Waals surface area contributed by atoms with Crippen LogP contribution in [0, 0.1) is 10.8 Å². The first-order valence-corrected chi connectivity index (χ1v) is 6.00. The minimum absolute atomic E-state index is 0.00139. The van der Waals surface area contributed by atoms with Gasteiger partial charge in [-0.25, -0.2) is 9.78 Å². The Balaban J connectivity index is 2.39. The number of carbonyl (C=O) groups is 1. The Morgan fingerprint density at radius 2 is 1.88 bits per heavy atom. The van der Waals surface area contributed by atoms with E-state index in [1.807, 2.05) is 0 Å². The molecule has 88 valence electrons. The average molecular weight is 240 g/mol. The van der Waals surface area contributed by atoms with Gasteiger partial charge in [-0.15, -0.1) is 11.3 Å². The van der Waals surface area contributed by atoms with Crippen molar-refractivity contribution in [3.63, 3.8) is 0 Å². The van der Waals surface area contributed by atoms with E-state index in [9.17, 15) is 4.79 Å². The average Bonchev–Trinajstić information content (AvgIpc) is 2.42. The third kappa shape index (κ3) is 1.27. The summed E-state index contributed by atoms with van der Waals surface area (Å²) < 4.78 is 0. The van der Waals surface area contributed by atoms with Crippen LogP contribution in [0.4, 0.5) is 5.00 Å². The number of hydrogen-bond acceptors (Lipinski definition) is 4. The van der Waals surface area contributed by atoms with Crippen LogP contribution in [-0.4, -0.2) is 16.1 Å². The standard InChI is InChI=1S/C11H16N2O2S/c1-10(2)6(11(10,3)4)8-13-5(9(14)15)7(12)16-8/h6H,12H2,1-4H3,(H,14,15). The van der Waals surface area contributed by atoms with Crippen LogP contribution in [0.5, 0.6) is 0 Å². The molecule has 16 heavy (non-hydrogen) atoms. The molecule has 0 aliphatic heterocycles. The van der Waals surface area contributed by atoms with Crippen LogP contribution in [0.15, 0.2) is 0 Å². The van der Waals surface area contributed by atoms with Crippen LogP contribution < -0.4 is 5.73 Å². The molecule has 0 saturated heterocycles. The first-order chi connectivity index (χ1) is 7.19. The summed E-state index contributed by atoms with van der Waals surface area (Å²) in [6, 6.07) is 0. The molecule has 0 unspecified atom stereocenters. The van der Waals surface area contributed by atoms with Crippen LogP contribution in [0.1, 0.15) is 49.1 Å². The number of carboxylic acid groups (broad SMARTS) is 1. The van der Waals surface area contributed by atoms with Gasteiger partial charge in [0.2, 0.25) is 0 Å². The summed E-state index contributed by atoms with van der Waals surface area (Å²) in [5.41, 5.74) is 5.98. The molecule has 1 aliphatic rings. The van der Waals surface area contributed by atoms with Crippen molar-refractivity contribution >= 4 is 22.3 Å². The monoisotopic (exact) mass is 240 g/mol. The van der Waals surface area contributed by atoms with Gasteiger partial charge in [0.1, 0.15) is 5.00 Å². The number of thiazole rings is 1. The molecule has 1 aromatic rings. The van der Waals surface area contributed by atoms with E-state index in [0.717, 1.165) is 5.01 Å². The van der Waals surface area contributed by atoms with Gasteiger partial charge in [0.15, 0.2) is 5.69 Å². The summed E-state index contributed by atoms with van der Waals surface area (Å²) in [5, 5.41) is 10.1. The molecule has 1 heterocycles. The summed E-state index contributed by atoms with van der Waals surface area (Å²) >= 11 is 1.30. The third-order valence-electron chi connectivity index (χ3n) is 4.14. The molecule has 1 saturated carbocycles. The highest BCUT2D eigenvalue weighted by Crippen LogP contribution is 2.74. The van der Waals surface area contributed by atoms with Gasteiger partial charge in [0.05, 0.1) is 5.01 Å². The van der Waals surface area contributed by atoms with Crippen molar-refractivity contribution < 1.29 is 9.90 Å². The van der Waals surface area contributed by atoms with Crippen molar-refractivity contribution in [3.05, 3.63) is 10.7 Å². The van der Waals surface area contributed by atoms with Crippen molar-refractivity contribution in [2.75, 3.05) is 5.73 Å². The fraction of sp³-hybridized carbons (Fsp3) is 0.636. The molecule has 2 rings (SSSR count). The molecule has 5 heteroatoms. The van der Waals surface area contributed by atoms with E-state index in [1.165, 1.54) is 11.3 Å². The van der Waals surface area contributed by atoms with Gasteiger partial charge in [-0.1, -0.05) is 27.7 Å². The minimum atomic E-state index is -1.05. The number of carboxylic acids is 1. The second kappa shape index (κ2) is 2.97. The van der Waals surface area contributed by atoms with Crippen LogP contribution in [-0.2, 0) is 0 Å². The molecule has 0 amide bonds. The Bertz CT molecular complexity index is 449. The molecule has 0 bridgehead atoms. The highest BCUT2D eigenvalue weighted by Gasteiger charge is 2.66. The molecule has 0 spiro atoms. The number of nitrogen functional groups attached to an aromatic ring is 1. The zero-order valence-electron chi connectivity index (χ0n) is 9.87. The van der Waals surface area contributed by atoms with Crippen LogP contribution >= 0.6 is 11.3 Å². The van der Waals surface area contributed by atoms with E-state index in [-0.39, 0.29) is 16.5 Å². The summed E-state index contributed by atoms with van der Waals surface area (Å²) in [7, 11) is 0. The first-order valence-electron chi connectivity index (χ1n) is 5.19. The molecule has 0 atom stereocenters. The number of rotatable bonds is 2. The van der Waals surface area contributed by atoms with Crippen LogP contribution in [0.25, 0.3) is 0 Å². The van der Waals surface area contributed by atoms with Gasteiger partial charge in [-0.2, -0.15) is 0 Å². The Morgan fingerprint density at radius 1 is 1.38 bits per heavy atom. The first kappa shape index (κ1) is 11.4. The quantitative estimate of drug-likeness (QED) is 0.833. The number of aromatic carboxylic acids is 1. The molecule has 1 aliphatic carbocycles. The Hall–Kier alpha value is -1.10. The van der Waals surface area contributed by atoms with E-state index < -0.39 is 5.97 Å². The van der Waals surface area contributed by atoms with Gasteiger partial charge in [-0.05, 0) is 10.8 Å².